The van der Waals surface area contributed by atoms with Crippen LogP contribution in [0.25, 0.3) is 0 Å². The Morgan fingerprint density at radius 2 is 1.71 bits per heavy atom. The van der Waals surface area contributed by atoms with Gasteiger partial charge in [0.25, 0.3) is 5.91 Å². The number of rotatable bonds is 4. The number of amides is 1. The summed E-state index contributed by atoms with van der Waals surface area (Å²) >= 11 is 0. The second-order valence-corrected chi connectivity index (χ2v) is 6.08. The Morgan fingerprint density at radius 3 is 2.21 bits per heavy atom. The van der Waals surface area contributed by atoms with Gasteiger partial charge in [-0.25, -0.2) is 0 Å². The first-order valence-corrected chi connectivity index (χ1v) is 8.18. The molecule has 134 valence electrons. The molecule has 2 aliphatic heterocycles. The highest BCUT2D eigenvalue weighted by molar-refractivity contribution is 5.95. The molecular formula is C17H26ClN3O3. The number of hydrogen-bond donors (Lipinski definition) is 1. The minimum absolute atomic E-state index is 0. The first-order chi connectivity index (χ1) is 11.2. The van der Waals surface area contributed by atoms with Crippen LogP contribution in [0.5, 0.6) is 11.5 Å². The van der Waals surface area contributed by atoms with Gasteiger partial charge in [0.15, 0.2) is 0 Å². The molecule has 2 heterocycles. The smallest absolute Gasteiger partial charge is 0.254 e. The summed E-state index contributed by atoms with van der Waals surface area (Å²) in [6.07, 6.45) is 1.21. The van der Waals surface area contributed by atoms with Gasteiger partial charge in [-0.05, 0) is 25.1 Å². The van der Waals surface area contributed by atoms with E-state index in [2.05, 4.69) is 10.2 Å². The van der Waals surface area contributed by atoms with E-state index >= 15 is 0 Å². The van der Waals surface area contributed by atoms with E-state index in [9.17, 15) is 4.79 Å². The molecule has 6 nitrogen and oxygen atoms in total. The zero-order valence-electron chi connectivity index (χ0n) is 14.3. The first kappa shape index (κ1) is 18.8. The van der Waals surface area contributed by atoms with Crippen LogP contribution in [0, 0.1) is 0 Å². The summed E-state index contributed by atoms with van der Waals surface area (Å²) in [6, 6.07) is 5.96. The SMILES string of the molecule is COc1cc(OC)cc(C(=O)N2CCN(C3CCNC3)CC2)c1.Cl. The summed E-state index contributed by atoms with van der Waals surface area (Å²) in [6.45, 7) is 5.61. The number of nitrogens with zero attached hydrogens (tertiary/aromatic N) is 2. The summed E-state index contributed by atoms with van der Waals surface area (Å²) in [5.41, 5.74) is 0.622. The fraction of sp³-hybridized carbons (Fsp3) is 0.588. The van der Waals surface area contributed by atoms with Crippen LogP contribution in [0.3, 0.4) is 0 Å². The zero-order chi connectivity index (χ0) is 16.2. The van der Waals surface area contributed by atoms with Gasteiger partial charge < -0.3 is 19.7 Å². The summed E-state index contributed by atoms with van der Waals surface area (Å²) < 4.78 is 10.5. The molecule has 7 heteroatoms. The summed E-state index contributed by atoms with van der Waals surface area (Å²) in [7, 11) is 3.19. The summed E-state index contributed by atoms with van der Waals surface area (Å²) in [5, 5.41) is 3.40. The number of piperazine rings is 1. The molecule has 1 N–H and O–H groups in total. The van der Waals surface area contributed by atoms with Crippen molar-refractivity contribution in [1.29, 1.82) is 0 Å². The van der Waals surface area contributed by atoms with Crippen molar-refractivity contribution < 1.29 is 14.3 Å². The molecule has 3 rings (SSSR count). The van der Waals surface area contributed by atoms with Crippen molar-refractivity contribution in [2.75, 3.05) is 53.5 Å². The topological polar surface area (TPSA) is 54.0 Å². The monoisotopic (exact) mass is 355 g/mol. The number of nitrogens with one attached hydrogen (secondary N) is 1. The van der Waals surface area contributed by atoms with Crippen LogP contribution < -0.4 is 14.8 Å². The fourth-order valence-electron chi connectivity index (χ4n) is 3.35. The van der Waals surface area contributed by atoms with Crippen molar-refractivity contribution in [3.05, 3.63) is 23.8 Å². The fourth-order valence-corrected chi connectivity index (χ4v) is 3.35. The number of hydrogen-bond acceptors (Lipinski definition) is 5. The molecule has 0 spiro atoms. The average Bonchev–Trinajstić information content (AvgIpc) is 3.15. The number of carbonyl (C=O) groups is 1. The van der Waals surface area contributed by atoms with Gasteiger partial charge in [-0.2, -0.15) is 0 Å². The normalized spacial score (nSPS) is 21.2. The van der Waals surface area contributed by atoms with E-state index in [4.69, 9.17) is 9.47 Å². The maximum atomic E-state index is 12.7. The largest absolute Gasteiger partial charge is 0.497 e. The van der Waals surface area contributed by atoms with E-state index in [-0.39, 0.29) is 18.3 Å². The van der Waals surface area contributed by atoms with Crippen molar-refractivity contribution in [3.8, 4) is 11.5 Å². The second-order valence-electron chi connectivity index (χ2n) is 6.08. The molecule has 2 saturated heterocycles. The molecule has 0 aromatic heterocycles. The molecule has 24 heavy (non-hydrogen) atoms. The summed E-state index contributed by atoms with van der Waals surface area (Å²) in [4.78, 5) is 17.2. The lowest BCUT2D eigenvalue weighted by atomic mass is 10.1. The molecule has 1 unspecified atom stereocenters. The molecule has 1 atom stereocenters. The van der Waals surface area contributed by atoms with Crippen molar-refractivity contribution in [2.45, 2.75) is 12.5 Å². The predicted octanol–water partition coefficient (Wildman–Crippen LogP) is 1.25. The van der Waals surface area contributed by atoms with Crippen molar-refractivity contribution in [1.82, 2.24) is 15.1 Å². The van der Waals surface area contributed by atoms with Gasteiger partial charge in [0.1, 0.15) is 11.5 Å². The Hall–Kier alpha value is -1.50. The van der Waals surface area contributed by atoms with Gasteiger partial charge >= 0.3 is 0 Å². The summed E-state index contributed by atoms with van der Waals surface area (Å²) in [5.74, 6) is 1.33. The van der Waals surface area contributed by atoms with Gasteiger partial charge in [0.05, 0.1) is 14.2 Å². The lowest BCUT2D eigenvalue weighted by Gasteiger charge is -2.37. The maximum absolute atomic E-state index is 12.7. The molecule has 0 radical (unpaired) electrons. The highest BCUT2D eigenvalue weighted by atomic mass is 35.5. The third-order valence-corrected chi connectivity index (χ3v) is 4.75. The lowest BCUT2D eigenvalue weighted by Crippen LogP contribution is -2.52. The number of carbonyl (C=O) groups excluding carboxylic acids is 1. The Kier molecular flexibility index (Phi) is 6.71. The van der Waals surface area contributed by atoms with Crippen LogP contribution >= 0.6 is 12.4 Å². The average molecular weight is 356 g/mol. The zero-order valence-corrected chi connectivity index (χ0v) is 15.1. The predicted molar refractivity (Wildman–Crippen MR) is 95.5 cm³/mol. The third kappa shape index (κ3) is 4.12. The van der Waals surface area contributed by atoms with Crippen LogP contribution in [-0.4, -0.2) is 75.2 Å². The Labute approximate surface area is 149 Å². The Bertz CT molecular complexity index is 534. The van der Waals surface area contributed by atoms with Crippen LogP contribution in [-0.2, 0) is 0 Å². The number of halogens is 1. The van der Waals surface area contributed by atoms with Gasteiger partial charge in [0, 0.05) is 50.4 Å². The van der Waals surface area contributed by atoms with Gasteiger partial charge in [0.2, 0.25) is 0 Å². The molecule has 0 saturated carbocycles. The van der Waals surface area contributed by atoms with E-state index in [0.717, 1.165) is 39.3 Å². The van der Waals surface area contributed by atoms with Crippen LogP contribution in [0.2, 0.25) is 0 Å². The van der Waals surface area contributed by atoms with Gasteiger partial charge in [-0.1, -0.05) is 0 Å². The molecule has 1 aromatic rings. The molecule has 1 aromatic carbocycles. The van der Waals surface area contributed by atoms with E-state index < -0.39 is 0 Å². The lowest BCUT2D eigenvalue weighted by molar-refractivity contribution is 0.0583. The van der Waals surface area contributed by atoms with Gasteiger partial charge in [-0.3, -0.25) is 9.69 Å². The van der Waals surface area contributed by atoms with E-state index in [1.807, 2.05) is 4.90 Å². The van der Waals surface area contributed by atoms with E-state index in [1.54, 1.807) is 32.4 Å². The standard InChI is InChI=1S/C17H25N3O3.ClH/c1-22-15-9-13(10-16(11-15)23-2)17(21)20-7-5-19(6-8-20)14-3-4-18-12-14;/h9-11,14,18H,3-8,12H2,1-2H3;1H. The van der Waals surface area contributed by atoms with Crippen LogP contribution in [0.1, 0.15) is 16.8 Å². The minimum Gasteiger partial charge on any atom is -0.497 e. The van der Waals surface area contributed by atoms with E-state index in [1.165, 1.54) is 6.42 Å². The molecule has 1 amide bonds. The molecule has 0 bridgehead atoms. The highest BCUT2D eigenvalue weighted by Gasteiger charge is 2.28. The molecular weight excluding hydrogens is 330 g/mol. The number of benzene rings is 1. The second kappa shape index (κ2) is 8.55. The first-order valence-electron chi connectivity index (χ1n) is 8.18. The minimum atomic E-state index is 0. The third-order valence-electron chi connectivity index (χ3n) is 4.75. The van der Waals surface area contributed by atoms with Gasteiger partial charge in [-0.15, -0.1) is 12.4 Å². The number of methoxy groups -OCH3 is 2. The maximum Gasteiger partial charge on any atom is 0.254 e. The Balaban J connectivity index is 0.00000208. The molecule has 2 fully saturated rings. The molecule has 2 aliphatic rings. The number of ether oxygens (including phenoxy) is 2. The highest BCUT2D eigenvalue weighted by Crippen LogP contribution is 2.24. The van der Waals surface area contributed by atoms with Crippen molar-refractivity contribution >= 4 is 18.3 Å². The molecule has 0 aliphatic carbocycles. The quantitative estimate of drug-likeness (QED) is 0.880. The Morgan fingerprint density at radius 1 is 1.08 bits per heavy atom. The van der Waals surface area contributed by atoms with Crippen LogP contribution in [0.15, 0.2) is 18.2 Å². The van der Waals surface area contributed by atoms with Crippen molar-refractivity contribution in [3.63, 3.8) is 0 Å². The van der Waals surface area contributed by atoms with E-state index in [0.29, 0.717) is 23.1 Å². The van der Waals surface area contributed by atoms with Crippen molar-refractivity contribution in [2.24, 2.45) is 0 Å². The van der Waals surface area contributed by atoms with Crippen LogP contribution in [0.4, 0.5) is 0 Å².